The van der Waals surface area contributed by atoms with Crippen LogP contribution in [0.25, 0.3) is 0 Å². The summed E-state index contributed by atoms with van der Waals surface area (Å²) in [5.41, 5.74) is 1.93. The zero-order chi connectivity index (χ0) is 15.1. The average molecular weight is 282 g/mol. The summed E-state index contributed by atoms with van der Waals surface area (Å²) in [6, 6.07) is 3.31. The molecular formula is C14H18O6. The van der Waals surface area contributed by atoms with E-state index in [1.165, 1.54) is 20.3 Å². The smallest absolute Gasteiger partial charge is 0.293 e. The molecule has 20 heavy (non-hydrogen) atoms. The second kappa shape index (κ2) is 7.62. The Balaban J connectivity index is 3.43. The highest BCUT2D eigenvalue weighted by Crippen LogP contribution is 2.23. The first kappa shape index (κ1) is 16.1. The minimum absolute atomic E-state index is 0.0861. The maximum atomic E-state index is 12.0. The molecule has 6 heteroatoms. The lowest BCUT2D eigenvalue weighted by Gasteiger charge is -2.14. The number of carbonyl (C=O) groups excluding carboxylic acids is 2. The van der Waals surface area contributed by atoms with Crippen LogP contribution < -0.4 is 0 Å². The fraction of sp³-hybridized carbons (Fsp3) is 0.429. The maximum Gasteiger partial charge on any atom is 0.374 e. The van der Waals surface area contributed by atoms with Gasteiger partial charge in [-0.1, -0.05) is 19.9 Å². The Morgan fingerprint density at radius 2 is 1.55 bits per heavy atom. The van der Waals surface area contributed by atoms with Crippen LogP contribution in [0.2, 0.25) is 0 Å². The Labute approximate surface area is 117 Å². The van der Waals surface area contributed by atoms with Crippen LogP contribution in [-0.2, 0) is 32.4 Å². The van der Waals surface area contributed by atoms with Gasteiger partial charge in [0.25, 0.3) is 0 Å². The van der Waals surface area contributed by atoms with Gasteiger partial charge in [0, 0.05) is 0 Å². The van der Waals surface area contributed by atoms with Crippen molar-refractivity contribution in [2.45, 2.75) is 26.7 Å². The second-order valence-electron chi connectivity index (χ2n) is 3.91. The van der Waals surface area contributed by atoms with E-state index in [1.807, 2.05) is 13.8 Å². The van der Waals surface area contributed by atoms with Gasteiger partial charge in [-0.05, 0) is 30.0 Å². The van der Waals surface area contributed by atoms with Crippen molar-refractivity contribution in [3.8, 4) is 0 Å². The summed E-state index contributed by atoms with van der Waals surface area (Å²) in [5, 5.41) is 0. The Morgan fingerprint density at radius 1 is 0.950 bits per heavy atom. The third-order valence-corrected chi connectivity index (χ3v) is 2.89. The van der Waals surface area contributed by atoms with Crippen LogP contribution in [0.5, 0.6) is 0 Å². The maximum absolute atomic E-state index is 12.0. The summed E-state index contributed by atoms with van der Waals surface area (Å²) in [6.45, 7) is 3.86. The number of aryl methyl sites for hydroxylation is 1. The van der Waals surface area contributed by atoms with Crippen LogP contribution in [0.15, 0.2) is 12.1 Å². The molecule has 0 radical (unpaired) electrons. The minimum Gasteiger partial charge on any atom is -0.293 e. The van der Waals surface area contributed by atoms with E-state index in [0.29, 0.717) is 6.42 Å². The topological polar surface area (TPSA) is 71.1 Å². The summed E-state index contributed by atoms with van der Waals surface area (Å²) in [4.78, 5) is 41.6. The third kappa shape index (κ3) is 3.34. The zero-order valence-electron chi connectivity index (χ0n) is 12.0. The summed E-state index contributed by atoms with van der Waals surface area (Å²) in [7, 11) is 2.44. The van der Waals surface area contributed by atoms with Crippen molar-refractivity contribution in [1.29, 1.82) is 0 Å². The van der Waals surface area contributed by atoms with Gasteiger partial charge in [0.1, 0.15) is 0 Å². The van der Waals surface area contributed by atoms with E-state index in [-0.39, 0.29) is 11.1 Å². The molecule has 0 amide bonds. The molecule has 0 atom stereocenters. The molecule has 1 rings (SSSR count). The lowest BCUT2D eigenvalue weighted by atomic mass is 9.93. The van der Waals surface area contributed by atoms with Crippen molar-refractivity contribution in [3.63, 3.8) is 0 Å². The molecule has 0 unspecified atom stereocenters. The Kier molecular flexibility index (Phi) is 6.14. The van der Waals surface area contributed by atoms with Gasteiger partial charge in [0.05, 0.1) is 25.3 Å². The first-order valence-electron chi connectivity index (χ1n) is 6.25. The minimum atomic E-state index is -0.757. The molecule has 0 N–H and O–H groups in total. The quantitative estimate of drug-likeness (QED) is 0.588. The van der Waals surface area contributed by atoms with E-state index in [9.17, 15) is 9.59 Å². The van der Waals surface area contributed by atoms with E-state index < -0.39 is 11.9 Å². The monoisotopic (exact) mass is 282 g/mol. The highest BCUT2D eigenvalue weighted by Gasteiger charge is 2.25. The van der Waals surface area contributed by atoms with Gasteiger partial charge in [0.15, 0.2) is 0 Å². The van der Waals surface area contributed by atoms with Crippen LogP contribution in [0, 0.1) is 0 Å². The van der Waals surface area contributed by atoms with E-state index in [0.717, 1.165) is 17.5 Å². The molecule has 0 heterocycles. The van der Waals surface area contributed by atoms with Gasteiger partial charge in [-0.15, -0.1) is 0 Å². The summed E-state index contributed by atoms with van der Waals surface area (Å²) < 4.78 is 0. The molecule has 1 aromatic carbocycles. The van der Waals surface area contributed by atoms with E-state index in [1.54, 1.807) is 6.07 Å². The van der Waals surface area contributed by atoms with Crippen LogP contribution in [0.1, 0.15) is 45.7 Å². The molecule has 0 fully saturated rings. The van der Waals surface area contributed by atoms with Crippen LogP contribution in [0.3, 0.4) is 0 Å². The summed E-state index contributed by atoms with van der Waals surface area (Å²) in [6.07, 6.45) is 1.31. The molecule has 0 saturated carbocycles. The van der Waals surface area contributed by atoms with Crippen LogP contribution >= 0.6 is 0 Å². The average Bonchev–Trinajstić information content (AvgIpc) is 2.45. The van der Waals surface area contributed by atoms with E-state index in [4.69, 9.17) is 0 Å². The number of hydrogen-bond donors (Lipinski definition) is 0. The Bertz CT molecular complexity index is 495. The third-order valence-electron chi connectivity index (χ3n) is 2.89. The van der Waals surface area contributed by atoms with Gasteiger partial charge in [-0.3, -0.25) is 9.78 Å². The van der Waals surface area contributed by atoms with Gasteiger partial charge in [-0.25, -0.2) is 9.59 Å². The molecule has 0 aromatic heterocycles. The molecule has 1 aromatic rings. The predicted molar refractivity (Wildman–Crippen MR) is 70.0 cm³/mol. The predicted octanol–water partition coefficient (Wildman–Crippen LogP) is 2.25. The van der Waals surface area contributed by atoms with Gasteiger partial charge >= 0.3 is 11.9 Å². The highest BCUT2D eigenvalue weighted by molar-refractivity contribution is 6.04. The first-order valence-corrected chi connectivity index (χ1v) is 6.25. The zero-order valence-corrected chi connectivity index (χ0v) is 12.0. The fourth-order valence-electron chi connectivity index (χ4n) is 2.07. The lowest BCUT2D eigenvalue weighted by Crippen LogP contribution is -2.17. The standard InChI is InChI=1S/C14H18O6/c1-5-9-7-8-11(13(15)19-17-3)12(10(9)6-2)14(16)20-18-4/h7-8H,5-6H2,1-4H3. The first-order chi connectivity index (χ1) is 9.60. The van der Waals surface area contributed by atoms with Gasteiger partial charge in [0.2, 0.25) is 0 Å². The van der Waals surface area contributed by atoms with Crippen molar-refractivity contribution in [2.75, 3.05) is 14.2 Å². The van der Waals surface area contributed by atoms with E-state index in [2.05, 4.69) is 19.6 Å². The van der Waals surface area contributed by atoms with Crippen molar-refractivity contribution < 1.29 is 29.1 Å². The molecule has 0 saturated heterocycles. The highest BCUT2D eigenvalue weighted by atomic mass is 17.2. The molecule has 6 nitrogen and oxygen atoms in total. The normalized spacial score (nSPS) is 10.2. The van der Waals surface area contributed by atoms with Crippen LogP contribution in [-0.4, -0.2) is 26.2 Å². The molecule has 0 aliphatic carbocycles. The van der Waals surface area contributed by atoms with Crippen LogP contribution in [0.4, 0.5) is 0 Å². The Hall–Kier alpha value is -1.92. The molecular weight excluding hydrogens is 264 g/mol. The van der Waals surface area contributed by atoms with Crippen molar-refractivity contribution in [3.05, 3.63) is 34.4 Å². The van der Waals surface area contributed by atoms with E-state index >= 15 is 0 Å². The molecule has 0 aliphatic rings. The number of carbonyl (C=O) groups is 2. The van der Waals surface area contributed by atoms with Gasteiger partial charge in [-0.2, -0.15) is 9.78 Å². The molecule has 0 aliphatic heterocycles. The SMILES string of the molecule is CCc1ccc(C(=O)OOC)c(C(=O)OOC)c1CC. The van der Waals surface area contributed by atoms with Gasteiger partial charge < -0.3 is 0 Å². The number of hydrogen-bond acceptors (Lipinski definition) is 6. The lowest BCUT2D eigenvalue weighted by molar-refractivity contribution is -0.218. The summed E-state index contributed by atoms with van der Waals surface area (Å²) in [5.74, 6) is -1.49. The Morgan fingerprint density at radius 3 is 2.05 bits per heavy atom. The summed E-state index contributed by atoms with van der Waals surface area (Å²) >= 11 is 0. The largest absolute Gasteiger partial charge is 0.374 e. The molecule has 0 bridgehead atoms. The van der Waals surface area contributed by atoms with Crippen molar-refractivity contribution >= 4 is 11.9 Å². The number of benzene rings is 1. The number of rotatable bonds is 6. The van der Waals surface area contributed by atoms with Crippen molar-refractivity contribution in [1.82, 2.24) is 0 Å². The second-order valence-corrected chi connectivity index (χ2v) is 3.91. The van der Waals surface area contributed by atoms with Crippen molar-refractivity contribution in [2.24, 2.45) is 0 Å². The molecule has 0 spiro atoms. The fourth-order valence-corrected chi connectivity index (χ4v) is 2.07. The molecule has 110 valence electrons.